The molecule has 2 heterocycles. The van der Waals surface area contributed by atoms with Gasteiger partial charge in [-0.25, -0.2) is 4.98 Å². The highest BCUT2D eigenvalue weighted by Gasteiger charge is 2.18. The van der Waals surface area contributed by atoms with E-state index < -0.39 is 0 Å². The van der Waals surface area contributed by atoms with Crippen LogP contribution in [0.15, 0.2) is 22.8 Å². The highest BCUT2D eigenvalue weighted by molar-refractivity contribution is 5.65. The van der Waals surface area contributed by atoms with Crippen molar-refractivity contribution in [3.8, 4) is 28.7 Å². The maximum atomic E-state index is 5.68. The van der Waals surface area contributed by atoms with E-state index in [0.717, 1.165) is 30.9 Å². The molecule has 1 fully saturated rings. The fourth-order valence-corrected chi connectivity index (χ4v) is 3.06. The van der Waals surface area contributed by atoms with Crippen LogP contribution in [0.1, 0.15) is 25.0 Å². The number of rotatable bonds is 6. The van der Waals surface area contributed by atoms with Crippen LogP contribution in [0, 0.1) is 0 Å². The molecular weight excluding hydrogens is 308 g/mol. The zero-order valence-electron chi connectivity index (χ0n) is 14.5. The van der Waals surface area contributed by atoms with Crippen molar-refractivity contribution < 1.29 is 18.6 Å². The Bertz CT molecular complexity index is 652. The van der Waals surface area contributed by atoms with Crippen LogP contribution in [0.2, 0.25) is 0 Å². The topological polar surface area (TPSA) is 57.0 Å². The first-order valence-corrected chi connectivity index (χ1v) is 8.22. The standard InChI is InChI=1S/C18H24N2O4/c1-21-15-9-13(10-16(22-2)17(15)23-3)18-19-14(12-24-18)11-20-7-5-4-6-8-20/h9-10,12H,4-8,11H2,1-3H3. The maximum absolute atomic E-state index is 5.68. The molecule has 1 saturated heterocycles. The van der Waals surface area contributed by atoms with E-state index in [2.05, 4.69) is 9.88 Å². The summed E-state index contributed by atoms with van der Waals surface area (Å²) < 4.78 is 21.8. The van der Waals surface area contributed by atoms with Gasteiger partial charge < -0.3 is 18.6 Å². The summed E-state index contributed by atoms with van der Waals surface area (Å²) in [4.78, 5) is 7.04. The molecule has 6 nitrogen and oxygen atoms in total. The van der Waals surface area contributed by atoms with Crippen LogP contribution in [-0.4, -0.2) is 44.3 Å². The molecule has 0 unspecified atom stereocenters. The fraction of sp³-hybridized carbons (Fsp3) is 0.500. The van der Waals surface area contributed by atoms with Crippen LogP contribution in [0.5, 0.6) is 17.2 Å². The minimum atomic E-state index is 0.557. The average molecular weight is 332 g/mol. The Labute approximate surface area is 142 Å². The molecule has 3 rings (SSSR count). The lowest BCUT2D eigenvalue weighted by molar-refractivity contribution is 0.218. The van der Waals surface area contributed by atoms with Crippen molar-refractivity contribution in [1.29, 1.82) is 0 Å². The number of hydrogen-bond acceptors (Lipinski definition) is 6. The zero-order valence-corrected chi connectivity index (χ0v) is 14.5. The Morgan fingerprint density at radius 1 is 1.00 bits per heavy atom. The first-order valence-electron chi connectivity index (χ1n) is 8.22. The smallest absolute Gasteiger partial charge is 0.226 e. The third-order valence-corrected chi connectivity index (χ3v) is 4.30. The number of likely N-dealkylation sites (tertiary alicyclic amines) is 1. The SMILES string of the molecule is COc1cc(-c2nc(CN3CCCCC3)co2)cc(OC)c1OC. The van der Waals surface area contributed by atoms with Crippen LogP contribution < -0.4 is 14.2 Å². The van der Waals surface area contributed by atoms with Gasteiger partial charge in [0.1, 0.15) is 6.26 Å². The van der Waals surface area contributed by atoms with E-state index in [0.29, 0.717) is 23.1 Å². The van der Waals surface area contributed by atoms with Gasteiger partial charge in [0.05, 0.1) is 27.0 Å². The van der Waals surface area contributed by atoms with Crippen molar-refractivity contribution in [1.82, 2.24) is 9.88 Å². The molecule has 0 saturated carbocycles. The van der Waals surface area contributed by atoms with Gasteiger partial charge in [0.2, 0.25) is 11.6 Å². The first-order chi connectivity index (χ1) is 11.7. The van der Waals surface area contributed by atoms with Gasteiger partial charge >= 0.3 is 0 Å². The molecule has 1 aliphatic rings. The number of aromatic nitrogens is 1. The Balaban J connectivity index is 1.83. The van der Waals surface area contributed by atoms with Crippen molar-refractivity contribution in [2.75, 3.05) is 34.4 Å². The Morgan fingerprint density at radius 3 is 2.25 bits per heavy atom. The monoisotopic (exact) mass is 332 g/mol. The molecule has 130 valence electrons. The summed E-state index contributed by atoms with van der Waals surface area (Å²) in [6, 6.07) is 3.69. The van der Waals surface area contributed by atoms with Gasteiger partial charge in [-0.15, -0.1) is 0 Å². The number of piperidine rings is 1. The third kappa shape index (κ3) is 3.48. The summed E-state index contributed by atoms with van der Waals surface area (Å²) in [5.41, 5.74) is 1.75. The van der Waals surface area contributed by atoms with E-state index in [4.69, 9.17) is 18.6 Å². The van der Waals surface area contributed by atoms with Gasteiger partial charge in [0.25, 0.3) is 0 Å². The van der Waals surface area contributed by atoms with Crippen LogP contribution in [0.25, 0.3) is 11.5 Å². The number of methoxy groups -OCH3 is 3. The molecule has 1 aromatic heterocycles. The van der Waals surface area contributed by atoms with Crippen LogP contribution >= 0.6 is 0 Å². The largest absolute Gasteiger partial charge is 0.493 e. The number of benzene rings is 1. The second kappa shape index (κ2) is 7.57. The van der Waals surface area contributed by atoms with Crippen molar-refractivity contribution in [2.24, 2.45) is 0 Å². The Hall–Kier alpha value is -2.21. The summed E-state index contributed by atoms with van der Waals surface area (Å²) in [5.74, 6) is 2.29. The molecule has 0 spiro atoms. The van der Waals surface area contributed by atoms with E-state index in [1.807, 2.05) is 12.1 Å². The quantitative estimate of drug-likeness (QED) is 0.808. The lowest BCUT2D eigenvalue weighted by Crippen LogP contribution is -2.29. The van der Waals surface area contributed by atoms with Gasteiger partial charge in [-0.3, -0.25) is 4.90 Å². The van der Waals surface area contributed by atoms with Gasteiger partial charge in [-0.2, -0.15) is 0 Å². The van der Waals surface area contributed by atoms with E-state index in [1.54, 1.807) is 27.6 Å². The normalized spacial score (nSPS) is 15.3. The molecule has 1 aromatic carbocycles. The molecule has 24 heavy (non-hydrogen) atoms. The van der Waals surface area contributed by atoms with Gasteiger partial charge in [0, 0.05) is 12.1 Å². The second-order valence-corrected chi connectivity index (χ2v) is 5.89. The Morgan fingerprint density at radius 2 is 1.67 bits per heavy atom. The van der Waals surface area contributed by atoms with Crippen molar-refractivity contribution in [2.45, 2.75) is 25.8 Å². The van der Waals surface area contributed by atoms with Gasteiger partial charge in [-0.1, -0.05) is 6.42 Å². The molecule has 1 aliphatic heterocycles. The molecule has 0 amide bonds. The molecule has 0 radical (unpaired) electrons. The fourth-order valence-electron chi connectivity index (χ4n) is 3.06. The van der Waals surface area contributed by atoms with Crippen molar-refractivity contribution in [3.63, 3.8) is 0 Å². The number of hydrogen-bond donors (Lipinski definition) is 0. The van der Waals surface area contributed by atoms with Crippen LogP contribution in [0.4, 0.5) is 0 Å². The van der Waals surface area contributed by atoms with E-state index in [-0.39, 0.29) is 0 Å². The predicted molar refractivity (Wildman–Crippen MR) is 90.7 cm³/mol. The van der Waals surface area contributed by atoms with Gasteiger partial charge in [-0.05, 0) is 38.1 Å². The van der Waals surface area contributed by atoms with Crippen molar-refractivity contribution >= 4 is 0 Å². The summed E-state index contributed by atoms with van der Waals surface area (Å²) >= 11 is 0. The molecule has 6 heteroatoms. The predicted octanol–water partition coefficient (Wildman–Crippen LogP) is 3.35. The Kier molecular flexibility index (Phi) is 5.25. The van der Waals surface area contributed by atoms with Crippen LogP contribution in [0.3, 0.4) is 0 Å². The summed E-state index contributed by atoms with van der Waals surface area (Å²) in [6.45, 7) is 3.09. The number of oxazole rings is 1. The lowest BCUT2D eigenvalue weighted by Gasteiger charge is -2.25. The summed E-state index contributed by atoms with van der Waals surface area (Å²) in [7, 11) is 4.78. The first kappa shape index (κ1) is 16.6. The number of nitrogens with zero attached hydrogens (tertiary/aromatic N) is 2. The minimum Gasteiger partial charge on any atom is -0.493 e. The molecule has 0 aliphatic carbocycles. The highest BCUT2D eigenvalue weighted by atomic mass is 16.5. The number of ether oxygens (including phenoxy) is 3. The zero-order chi connectivity index (χ0) is 16.9. The second-order valence-electron chi connectivity index (χ2n) is 5.89. The van der Waals surface area contributed by atoms with E-state index in [9.17, 15) is 0 Å². The van der Waals surface area contributed by atoms with Crippen LogP contribution in [-0.2, 0) is 6.54 Å². The van der Waals surface area contributed by atoms with Gasteiger partial charge in [0.15, 0.2) is 11.5 Å². The molecule has 0 N–H and O–H groups in total. The third-order valence-electron chi connectivity index (χ3n) is 4.30. The maximum Gasteiger partial charge on any atom is 0.226 e. The van der Waals surface area contributed by atoms with E-state index >= 15 is 0 Å². The summed E-state index contributed by atoms with van der Waals surface area (Å²) in [5, 5.41) is 0. The minimum absolute atomic E-state index is 0.557. The van der Waals surface area contributed by atoms with Crippen molar-refractivity contribution in [3.05, 3.63) is 24.1 Å². The van der Waals surface area contributed by atoms with E-state index in [1.165, 1.54) is 19.3 Å². The average Bonchev–Trinajstić information content (AvgIpc) is 3.09. The molecule has 0 bridgehead atoms. The summed E-state index contributed by atoms with van der Waals surface area (Å²) in [6.07, 6.45) is 5.58. The molecular formula is C18H24N2O4. The molecule has 0 atom stereocenters. The highest BCUT2D eigenvalue weighted by Crippen LogP contribution is 2.40. The molecule has 2 aromatic rings. The lowest BCUT2D eigenvalue weighted by atomic mass is 10.1.